The van der Waals surface area contributed by atoms with Gasteiger partial charge in [-0.2, -0.15) is 0 Å². The fourth-order valence-electron chi connectivity index (χ4n) is 1.60. The smallest absolute Gasteiger partial charge is 0.335 e. The van der Waals surface area contributed by atoms with Crippen LogP contribution in [0.5, 0.6) is 0 Å². The molecule has 110 valence electrons. The Morgan fingerprint density at radius 3 is 2.67 bits per heavy atom. The lowest BCUT2D eigenvalue weighted by Gasteiger charge is -2.06. The number of anilines is 2. The van der Waals surface area contributed by atoms with Gasteiger partial charge in [-0.25, -0.2) is 14.6 Å². The van der Waals surface area contributed by atoms with Crippen molar-refractivity contribution < 1.29 is 14.7 Å². The molecule has 1 aromatic carbocycles. The number of urea groups is 1. The molecule has 0 fully saturated rings. The van der Waals surface area contributed by atoms with Crippen LogP contribution >= 0.6 is 11.3 Å². The first kappa shape index (κ1) is 15.0. The minimum absolute atomic E-state index is 0.115. The van der Waals surface area contributed by atoms with Gasteiger partial charge in [0.1, 0.15) is 0 Å². The summed E-state index contributed by atoms with van der Waals surface area (Å²) in [4.78, 5) is 27.9. The maximum atomic E-state index is 11.8. The first-order chi connectivity index (χ1) is 9.95. The molecule has 2 rings (SSSR count). The third-order valence-corrected chi connectivity index (χ3v) is 3.89. The number of hydrogen-bond donors (Lipinski definition) is 3. The van der Waals surface area contributed by atoms with Crippen LogP contribution in [0.3, 0.4) is 0 Å². The van der Waals surface area contributed by atoms with E-state index in [1.807, 2.05) is 0 Å². The minimum Gasteiger partial charge on any atom is -0.478 e. The standard InChI is InChI=1S/C14H15N3O3S/c1-8(2)11-7-15-14(21-11)17-13(20)16-10-5-3-4-9(6-10)12(18)19/h3-8H,1-2H3,(H,18,19)(H2,15,16,17,20). The average molecular weight is 305 g/mol. The van der Waals surface area contributed by atoms with Crippen LogP contribution in [0.4, 0.5) is 15.6 Å². The van der Waals surface area contributed by atoms with Crippen molar-refractivity contribution in [3.05, 3.63) is 40.9 Å². The summed E-state index contributed by atoms with van der Waals surface area (Å²) >= 11 is 1.41. The lowest BCUT2D eigenvalue weighted by molar-refractivity contribution is 0.0697. The topological polar surface area (TPSA) is 91.3 Å². The van der Waals surface area contributed by atoms with E-state index in [1.165, 1.54) is 23.5 Å². The second-order valence-corrected chi connectivity index (χ2v) is 5.75. The highest BCUT2D eigenvalue weighted by atomic mass is 32.1. The van der Waals surface area contributed by atoms with Crippen LogP contribution in [0, 0.1) is 0 Å². The van der Waals surface area contributed by atoms with Crippen LogP contribution < -0.4 is 10.6 Å². The molecule has 0 aliphatic rings. The van der Waals surface area contributed by atoms with Crippen molar-refractivity contribution in [3.63, 3.8) is 0 Å². The number of carboxylic acids is 1. The lowest BCUT2D eigenvalue weighted by Crippen LogP contribution is -2.19. The molecule has 0 saturated heterocycles. The SMILES string of the molecule is CC(C)c1cnc(NC(=O)Nc2cccc(C(=O)O)c2)s1. The van der Waals surface area contributed by atoms with Crippen LogP contribution in [0.15, 0.2) is 30.5 Å². The molecule has 1 aromatic heterocycles. The Labute approximate surface area is 125 Å². The number of hydrogen-bond acceptors (Lipinski definition) is 4. The molecule has 1 heterocycles. The second-order valence-electron chi connectivity index (χ2n) is 4.69. The molecule has 7 heteroatoms. The molecule has 3 N–H and O–H groups in total. The molecule has 0 spiro atoms. The van der Waals surface area contributed by atoms with Gasteiger partial charge in [-0.1, -0.05) is 19.9 Å². The van der Waals surface area contributed by atoms with Gasteiger partial charge in [0, 0.05) is 16.8 Å². The summed E-state index contributed by atoms with van der Waals surface area (Å²) in [5.41, 5.74) is 0.525. The fraction of sp³-hybridized carbons (Fsp3) is 0.214. The number of rotatable bonds is 4. The monoisotopic (exact) mass is 305 g/mol. The maximum Gasteiger partial charge on any atom is 0.335 e. The summed E-state index contributed by atoms with van der Waals surface area (Å²) in [6.07, 6.45) is 1.73. The number of benzene rings is 1. The Kier molecular flexibility index (Phi) is 4.54. The number of nitrogens with zero attached hydrogens (tertiary/aromatic N) is 1. The van der Waals surface area contributed by atoms with Gasteiger partial charge in [0.15, 0.2) is 5.13 Å². The van der Waals surface area contributed by atoms with Crippen LogP contribution in [0.2, 0.25) is 0 Å². The van der Waals surface area contributed by atoms with E-state index in [0.29, 0.717) is 16.7 Å². The number of amides is 2. The molecule has 0 aliphatic heterocycles. The molecule has 0 unspecified atom stereocenters. The predicted octanol–water partition coefficient (Wildman–Crippen LogP) is 3.61. The van der Waals surface area contributed by atoms with Crippen molar-refractivity contribution in [3.8, 4) is 0 Å². The van der Waals surface area contributed by atoms with Gasteiger partial charge < -0.3 is 10.4 Å². The Hall–Kier alpha value is -2.41. The zero-order valence-corrected chi connectivity index (χ0v) is 12.4. The quantitative estimate of drug-likeness (QED) is 0.804. The maximum absolute atomic E-state index is 11.8. The van der Waals surface area contributed by atoms with E-state index in [2.05, 4.69) is 29.5 Å². The number of thiazole rings is 1. The van der Waals surface area contributed by atoms with Crippen molar-refractivity contribution in [1.29, 1.82) is 0 Å². The number of aromatic nitrogens is 1. The fourth-order valence-corrected chi connectivity index (χ4v) is 2.41. The zero-order valence-electron chi connectivity index (χ0n) is 11.6. The highest BCUT2D eigenvalue weighted by Gasteiger charge is 2.10. The molecule has 0 radical (unpaired) electrons. The second kappa shape index (κ2) is 6.36. The van der Waals surface area contributed by atoms with Gasteiger partial charge in [0.05, 0.1) is 5.56 Å². The Bertz CT molecular complexity index is 667. The van der Waals surface area contributed by atoms with Gasteiger partial charge in [0.2, 0.25) is 0 Å². The third-order valence-electron chi connectivity index (χ3n) is 2.68. The number of carbonyl (C=O) groups is 2. The minimum atomic E-state index is -1.04. The summed E-state index contributed by atoms with van der Waals surface area (Å²) in [5, 5.41) is 14.6. The summed E-state index contributed by atoms with van der Waals surface area (Å²) in [6.45, 7) is 4.10. The highest BCUT2D eigenvalue weighted by molar-refractivity contribution is 7.15. The van der Waals surface area contributed by atoms with E-state index in [4.69, 9.17) is 5.11 Å². The van der Waals surface area contributed by atoms with Crippen LogP contribution in [0.25, 0.3) is 0 Å². The van der Waals surface area contributed by atoms with E-state index in [-0.39, 0.29) is 5.56 Å². The molecule has 0 aliphatic carbocycles. The summed E-state index contributed by atoms with van der Waals surface area (Å²) in [7, 11) is 0. The number of nitrogens with one attached hydrogen (secondary N) is 2. The van der Waals surface area contributed by atoms with Gasteiger partial charge in [-0.05, 0) is 24.1 Å². The van der Waals surface area contributed by atoms with Crippen LogP contribution in [-0.2, 0) is 0 Å². The number of aromatic carboxylic acids is 1. The van der Waals surface area contributed by atoms with E-state index in [0.717, 1.165) is 4.88 Å². The molecule has 21 heavy (non-hydrogen) atoms. The summed E-state index contributed by atoms with van der Waals surface area (Å²) < 4.78 is 0. The van der Waals surface area contributed by atoms with Crippen molar-refractivity contribution in [2.45, 2.75) is 19.8 Å². The first-order valence-corrected chi connectivity index (χ1v) is 7.14. The van der Waals surface area contributed by atoms with Crippen molar-refractivity contribution in [2.24, 2.45) is 0 Å². The number of carbonyl (C=O) groups excluding carboxylic acids is 1. The molecule has 0 bridgehead atoms. The lowest BCUT2D eigenvalue weighted by atomic mass is 10.2. The molecule has 2 amide bonds. The average Bonchev–Trinajstić information content (AvgIpc) is 2.87. The molecule has 0 atom stereocenters. The van der Waals surface area contributed by atoms with Gasteiger partial charge in [-0.3, -0.25) is 5.32 Å². The highest BCUT2D eigenvalue weighted by Crippen LogP contribution is 2.25. The third kappa shape index (κ3) is 4.03. The van der Waals surface area contributed by atoms with E-state index in [9.17, 15) is 9.59 Å². The van der Waals surface area contributed by atoms with Crippen molar-refractivity contribution >= 4 is 34.2 Å². The number of carboxylic acid groups (broad SMARTS) is 1. The Morgan fingerprint density at radius 2 is 2.05 bits per heavy atom. The zero-order chi connectivity index (χ0) is 15.4. The van der Waals surface area contributed by atoms with Crippen LogP contribution in [0.1, 0.15) is 35.0 Å². The summed E-state index contributed by atoms with van der Waals surface area (Å²) in [5.74, 6) is -0.686. The Morgan fingerprint density at radius 1 is 1.29 bits per heavy atom. The summed E-state index contributed by atoms with van der Waals surface area (Å²) in [6, 6.07) is 5.58. The predicted molar refractivity (Wildman–Crippen MR) is 82.2 cm³/mol. The van der Waals surface area contributed by atoms with Crippen molar-refractivity contribution in [1.82, 2.24) is 4.98 Å². The van der Waals surface area contributed by atoms with E-state index < -0.39 is 12.0 Å². The van der Waals surface area contributed by atoms with Gasteiger partial charge in [-0.15, -0.1) is 11.3 Å². The molecular weight excluding hydrogens is 290 g/mol. The molecule has 0 saturated carbocycles. The molecule has 6 nitrogen and oxygen atoms in total. The first-order valence-electron chi connectivity index (χ1n) is 6.33. The van der Waals surface area contributed by atoms with Crippen molar-refractivity contribution in [2.75, 3.05) is 10.6 Å². The normalized spacial score (nSPS) is 10.4. The molecule has 2 aromatic rings. The van der Waals surface area contributed by atoms with Gasteiger partial charge >= 0.3 is 12.0 Å². The van der Waals surface area contributed by atoms with E-state index in [1.54, 1.807) is 18.3 Å². The Balaban J connectivity index is 2.01. The van der Waals surface area contributed by atoms with E-state index >= 15 is 0 Å². The largest absolute Gasteiger partial charge is 0.478 e. The molecular formula is C14H15N3O3S. The van der Waals surface area contributed by atoms with Crippen LogP contribution in [-0.4, -0.2) is 22.1 Å². The van der Waals surface area contributed by atoms with Gasteiger partial charge in [0.25, 0.3) is 0 Å².